The minimum absolute atomic E-state index is 0.158. The molecule has 1 heterocycles. The highest BCUT2D eigenvalue weighted by Crippen LogP contribution is 2.23. The number of hydrogen-bond acceptors (Lipinski definition) is 2. The smallest absolute Gasteiger partial charge is 0.276 e. The van der Waals surface area contributed by atoms with Crippen LogP contribution in [0.1, 0.15) is 41.2 Å². The summed E-state index contributed by atoms with van der Waals surface area (Å²) in [5, 5.41) is 3.00. The van der Waals surface area contributed by atoms with E-state index in [-0.39, 0.29) is 5.91 Å². The molecule has 0 aliphatic heterocycles. The number of H-pyrrole nitrogens is 1. The molecule has 4 nitrogen and oxygen atoms in total. The van der Waals surface area contributed by atoms with Gasteiger partial charge in [0.2, 0.25) is 0 Å². The summed E-state index contributed by atoms with van der Waals surface area (Å²) < 4.78 is 0. The van der Waals surface area contributed by atoms with Crippen LogP contribution >= 0.6 is 0 Å². The van der Waals surface area contributed by atoms with Crippen LogP contribution in [0.5, 0.6) is 0 Å². The average Bonchev–Trinajstić information content (AvgIpc) is 2.85. The molecule has 0 bridgehead atoms. The largest absolute Gasteiger partial charge is 0.348 e. The number of nitrogens with one attached hydrogen (secondary N) is 2. The van der Waals surface area contributed by atoms with Crippen LogP contribution in [0.15, 0.2) is 24.5 Å². The number of imidazole rings is 1. The molecule has 2 rings (SSSR count). The molecule has 2 aromatic rings. The molecule has 0 fully saturated rings. The van der Waals surface area contributed by atoms with Crippen molar-refractivity contribution in [2.24, 2.45) is 0 Å². The Labute approximate surface area is 113 Å². The summed E-state index contributed by atoms with van der Waals surface area (Å²) >= 11 is 0. The predicted molar refractivity (Wildman–Crippen MR) is 76.5 cm³/mol. The minimum atomic E-state index is -0.158. The molecule has 4 heteroatoms. The van der Waals surface area contributed by atoms with Gasteiger partial charge in [-0.3, -0.25) is 4.79 Å². The van der Waals surface area contributed by atoms with Crippen LogP contribution in [-0.4, -0.2) is 15.9 Å². The van der Waals surface area contributed by atoms with Gasteiger partial charge in [-0.25, -0.2) is 4.98 Å². The van der Waals surface area contributed by atoms with Crippen molar-refractivity contribution in [2.75, 3.05) is 5.32 Å². The minimum Gasteiger partial charge on any atom is -0.348 e. The van der Waals surface area contributed by atoms with E-state index in [1.807, 2.05) is 25.1 Å². The van der Waals surface area contributed by atoms with E-state index in [2.05, 4.69) is 29.1 Å². The van der Waals surface area contributed by atoms with E-state index in [9.17, 15) is 4.79 Å². The Morgan fingerprint density at radius 1 is 1.26 bits per heavy atom. The van der Waals surface area contributed by atoms with E-state index >= 15 is 0 Å². The van der Waals surface area contributed by atoms with Crippen LogP contribution in [0.25, 0.3) is 0 Å². The Balaban J connectivity index is 2.33. The number of aromatic amines is 1. The highest BCUT2D eigenvalue weighted by atomic mass is 16.1. The van der Waals surface area contributed by atoms with Crippen LogP contribution < -0.4 is 5.32 Å². The van der Waals surface area contributed by atoms with E-state index in [1.165, 1.54) is 6.33 Å². The van der Waals surface area contributed by atoms with Gasteiger partial charge in [-0.15, -0.1) is 0 Å². The number of amides is 1. The first kappa shape index (κ1) is 13.3. The van der Waals surface area contributed by atoms with Gasteiger partial charge in [0.05, 0.1) is 6.33 Å². The molecule has 100 valence electrons. The fourth-order valence-corrected chi connectivity index (χ4v) is 2.16. The number of nitrogens with zero attached hydrogens (tertiary/aromatic N) is 1. The first-order valence-corrected chi connectivity index (χ1v) is 6.59. The molecule has 0 saturated heterocycles. The monoisotopic (exact) mass is 257 g/mol. The van der Waals surface area contributed by atoms with Gasteiger partial charge in [-0.2, -0.15) is 0 Å². The van der Waals surface area contributed by atoms with Crippen molar-refractivity contribution < 1.29 is 4.79 Å². The van der Waals surface area contributed by atoms with Gasteiger partial charge in [-0.1, -0.05) is 32.0 Å². The van der Waals surface area contributed by atoms with Crippen molar-refractivity contribution >= 4 is 11.6 Å². The van der Waals surface area contributed by atoms with Gasteiger partial charge in [-0.05, 0) is 30.9 Å². The number of aryl methyl sites for hydroxylation is 3. The number of anilines is 1. The van der Waals surface area contributed by atoms with Crippen molar-refractivity contribution in [1.82, 2.24) is 9.97 Å². The fraction of sp³-hybridized carbons (Fsp3) is 0.333. The van der Waals surface area contributed by atoms with E-state index < -0.39 is 0 Å². The second-order valence-corrected chi connectivity index (χ2v) is 4.49. The standard InChI is InChI=1S/C15H19N3O/c1-4-11-7-6-8-12(5-2)14(11)18-15(19)13-10(3)16-9-17-13/h6-9H,4-5H2,1-3H3,(H,16,17)(H,18,19). The number of rotatable bonds is 4. The van der Waals surface area contributed by atoms with Crippen molar-refractivity contribution in [3.63, 3.8) is 0 Å². The normalized spacial score (nSPS) is 10.5. The highest BCUT2D eigenvalue weighted by Gasteiger charge is 2.15. The lowest BCUT2D eigenvalue weighted by molar-refractivity contribution is 0.102. The van der Waals surface area contributed by atoms with E-state index in [0.717, 1.165) is 35.3 Å². The molecule has 0 atom stereocenters. The maximum atomic E-state index is 12.2. The van der Waals surface area contributed by atoms with Gasteiger partial charge in [0.25, 0.3) is 5.91 Å². The third-order valence-corrected chi connectivity index (χ3v) is 3.28. The van der Waals surface area contributed by atoms with E-state index in [0.29, 0.717) is 5.69 Å². The Bertz CT molecular complexity index is 565. The van der Waals surface area contributed by atoms with Crippen LogP contribution in [0.4, 0.5) is 5.69 Å². The Morgan fingerprint density at radius 3 is 2.37 bits per heavy atom. The summed E-state index contributed by atoms with van der Waals surface area (Å²) in [4.78, 5) is 19.2. The van der Waals surface area contributed by atoms with Gasteiger partial charge < -0.3 is 10.3 Å². The molecule has 0 spiro atoms. The molecule has 1 amide bonds. The number of benzene rings is 1. The average molecular weight is 257 g/mol. The molecule has 0 aliphatic rings. The lowest BCUT2D eigenvalue weighted by Gasteiger charge is -2.13. The Kier molecular flexibility index (Phi) is 4.00. The van der Waals surface area contributed by atoms with E-state index in [4.69, 9.17) is 0 Å². The number of carbonyl (C=O) groups excluding carboxylic acids is 1. The molecule has 0 unspecified atom stereocenters. The third kappa shape index (κ3) is 2.67. The quantitative estimate of drug-likeness (QED) is 0.884. The van der Waals surface area contributed by atoms with Crippen molar-refractivity contribution in [1.29, 1.82) is 0 Å². The summed E-state index contributed by atoms with van der Waals surface area (Å²) in [7, 11) is 0. The second-order valence-electron chi connectivity index (χ2n) is 4.49. The SMILES string of the molecule is CCc1cccc(CC)c1NC(=O)c1nc[nH]c1C. The van der Waals surface area contributed by atoms with Gasteiger partial charge in [0.1, 0.15) is 5.69 Å². The van der Waals surface area contributed by atoms with Crippen LogP contribution in [0.3, 0.4) is 0 Å². The van der Waals surface area contributed by atoms with Crippen LogP contribution in [0.2, 0.25) is 0 Å². The maximum absolute atomic E-state index is 12.2. The topological polar surface area (TPSA) is 57.8 Å². The lowest BCUT2D eigenvalue weighted by Crippen LogP contribution is -2.16. The molecule has 19 heavy (non-hydrogen) atoms. The van der Waals surface area contributed by atoms with E-state index in [1.54, 1.807) is 0 Å². The molecule has 0 aliphatic carbocycles. The number of para-hydroxylation sites is 1. The summed E-state index contributed by atoms with van der Waals surface area (Å²) in [6, 6.07) is 6.13. The van der Waals surface area contributed by atoms with Gasteiger partial charge in [0, 0.05) is 11.4 Å². The zero-order valence-electron chi connectivity index (χ0n) is 11.6. The van der Waals surface area contributed by atoms with Crippen LogP contribution in [-0.2, 0) is 12.8 Å². The molecule has 0 saturated carbocycles. The van der Waals surface area contributed by atoms with Crippen molar-refractivity contribution in [2.45, 2.75) is 33.6 Å². The zero-order chi connectivity index (χ0) is 13.8. The molecule has 1 aromatic carbocycles. The first-order chi connectivity index (χ1) is 9.17. The molecule has 0 radical (unpaired) electrons. The lowest BCUT2D eigenvalue weighted by atomic mass is 10.0. The molecular formula is C15H19N3O. The fourth-order valence-electron chi connectivity index (χ4n) is 2.16. The molecule has 1 aromatic heterocycles. The number of carbonyl (C=O) groups is 1. The summed E-state index contributed by atoms with van der Waals surface area (Å²) in [5.74, 6) is -0.158. The van der Waals surface area contributed by atoms with Gasteiger partial charge in [0.15, 0.2) is 0 Å². The summed E-state index contributed by atoms with van der Waals surface area (Å²) in [5.41, 5.74) is 4.47. The number of aromatic nitrogens is 2. The maximum Gasteiger partial charge on any atom is 0.276 e. The van der Waals surface area contributed by atoms with Crippen molar-refractivity contribution in [3.05, 3.63) is 47.0 Å². The Hall–Kier alpha value is -2.10. The Morgan fingerprint density at radius 2 is 1.89 bits per heavy atom. The van der Waals surface area contributed by atoms with Crippen LogP contribution in [0, 0.1) is 6.92 Å². The molecular weight excluding hydrogens is 238 g/mol. The second kappa shape index (κ2) is 5.69. The summed E-state index contributed by atoms with van der Waals surface area (Å²) in [6.45, 7) is 6.02. The predicted octanol–water partition coefficient (Wildman–Crippen LogP) is 3.10. The summed E-state index contributed by atoms with van der Waals surface area (Å²) in [6.07, 6.45) is 3.32. The third-order valence-electron chi connectivity index (χ3n) is 3.28. The highest BCUT2D eigenvalue weighted by molar-refractivity contribution is 6.04. The first-order valence-electron chi connectivity index (χ1n) is 6.59. The van der Waals surface area contributed by atoms with Gasteiger partial charge >= 0.3 is 0 Å². The zero-order valence-corrected chi connectivity index (χ0v) is 11.6. The number of hydrogen-bond donors (Lipinski definition) is 2. The van der Waals surface area contributed by atoms with Crippen molar-refractivity contribution in [3.8, 4) is 0 Å². The molecule has 2 N–H and O–H groups in total.